The van der Waals surface area contributed by atoms with Gasteiger partial charge in [-0.15, -0.1) is 0 Å². The molecule has 0 atom stereocenters. The first-order valence-electron chi connectivity index (χ1n) is 3.20. The van der Waals surface area contributed by atoms with Crippen molar-refractivity contribution in [1.29, 1.82) is 0 Å². The number of rotatable bonds is 1. The summed E-state index contributed by atoms with van der Waals surface area (Å²) in [6.07, 6.45) is 0. The molecule has 0 unspecified atom stereocenters. The summed E-state index contributed by atoms with van der Waals surface area (Å²) in [7, 11) is -6.63. The lowest BCUT2D eigenvalue weighted by Crippen LogP contribution is -2.50. The fourth-order valence-electron chi connectivity index (χ4n) is 1.34. The quantitative estimate of drug-likeness (QED) is 0.583. The highest BCUT2D eigenvalue weighted by molar-refractivity contribution is 8.24. The second-order valence-electron chi connectivity index (χ2n) is 3.06. The molecule has 0 aromatic heterocycles. The molecule has 1 fully saturated rings. The normalized spacial score (nSPS) is 28.3. The second kappa shape index (κ2) is 2.20. The van der Waals surface area contributed by atoms with Crippen molar-refractivity contribution in [3.8, 4) is 0 Å². The highest BCUT2D eigenvalue weighted by Gasteiger charge is 2.52. The molecule has 1 heterocycles. The Bertz CT molecular complexity index is 316. The van der Waals surface area contributed by atoms with Crippen LogP contribution in [0.4, 0.5) is 0 Å². The molecular formula is C5H10O4S2. The fraction of sp³-hybridized carbons (Fsp3) is 1.00. The molecule has 66 valence electrons. The van der Waals surface area contributed by atoms with Crippen molar-refractivity contribution in [2.45, 2.75) is 18.4 Å². The lowest BCUT2D eigenvalue weighted by Gasteiger charge is -2.28. The van der Waals surface area contributed by atoms with E-state index in [9.17, 15) is 16.8 Å². The molecule has 4 nitrogen and oxygen atoms in total. The molecule has 1 saturated heterocycles. The first kappa shape index (κ1) is 8.99. The van der Waals surface area contributed by atoms with Crippen molar-refractivity contribution in [1.82, 2.24) is 0 Å². The zero-order chi connectivity index (χ0) is 8.86. The number of hydrogen-bond donors (Lipinski definition) is 0. The summed E-state index contributed by atoms with van der Waals surface area (Å²) in [6.45, 7) is 3.19. The van der Waals surface area contributed by atoms with E-state index in [1.165, 1.54) is 0 Å². The minimum atomic E-state index is -3.32. The van der Waals surface area contributed by atoms with Gasteiger partial charge in [0.05, 0.1) is 0 Å². The van der Waals surface area contributed by atoms with Gasteiger partial charge in [0.15, 0.2) is 29.3 Å². The van der Waals surface area contributed by atoms with Gasteiger partial charge in [0.25, 0.3) is 0 Å². The smallest absolute Gasteiger partial charge is 0.182 e. The van der Waals surface area contributed by atoms with Crippen molar-refractivity contribution >= 4 is 19.7 Å². The predicted molar refractivity (Wildman–Crippen MR) is 41.3 cm³/mol. The molecule has 0 bridgehead atoms. The first-order valence-corrected chi connectivity index (χ1v) is 6.63. The van der Waals surface area contributed by atoms with Crippen molar-refractivity contribution in [2.75, 3.05) is 5.08 Å². The van der Waals surface area contributed by atoms with Gasteiger partial charge in [-0.25, -0.2) is 16.8 Å². The summed E-state index contributed by atoms with van der Waals surface area (Å²) in [5.41, 5.74) is 0. The zero-order valence-electron chi connectivity index (χ0n) is 6.31. The molecule has 6 heteroatoms. The van der Waals surface area contributed by atoms with Gasteiger partial charge in [-0.2, -0.15) is 0 Å². The monoisotopic (exact) mass is 198 g/mol. The SMILES string of the molecule is CC(C)C1S(=O)(=O)CS1(=O)=O. The molecule has 11 heavy (non-hydrogen) atoms. The Kier molecular flexibility index (Phi) is 1.79. The van der Waals surface area contributed by atoms with Crippen LogP contribution in [0.2, 0.25) is 0 Å². The lowest BCUT2D eigenvalue weighted by molar-refractivity contribution is 0.535. The Balaban J connectivity index is 3.10. The Morgan fingerprint density at radius 3 is 1.55 bits per heavy atom. The largest absolute Gasteiger partial charge is 0.226 e. The van der Waals surface area contributed by atoms with Gasteiger partial charge in [-0.05, 0) is 5.92 Å². The molecule has 1 aliphatic heterocycles. The van der Waals surface area contributed by atoms with Crippen LogP contribution in [-0.2, 0) is 19.7 Å². The third kappa shape index (κ3) is 1.29. The molecule has 1 rings (SSSR count). The van der Waals surface area contributed by atoms with E-state index >= 15 is 0 Å². The molecule has 0 aliphatic carbocycles. The van der Waals surface area contributed by atoms with Crippen LogP contribution in [-0.4, -0.2) is 26.5 Å². The van der Waals surface area contributed by atoms with Gasteiger partial charge in [0, 0.05) is 0 Å². The van der Waals surface area contributed by atoms with Crippen LogP contribution in [0.5, 0.6) is 0 Å². The van der Waals surface area contributed by atoms with Gasteiger partial charge in [-0.3, -0.25) is 0 Å². The summed E-state index contributed by atoms with van der Waals surface area (Å²) < 4.78 is 42.4. The van der Waals surface area contributed by atoms with Gasteiger partial charge in [0.2, 0.25) is 0 Å². The van der Waals surface area contributed by atoms with E-state index < -0.39 is 29.3 Å². The molecule has 0 spiro atoms. The summed E-state index contributed by atoms with van der Waals surface area (Å²) in [5.74, 6) is -0.334. The van der Waals surface area contributed by atoms with Gasteiger partial charge in [-0.1, -0.05) is 13.8 Å². The minimum absolute atomic E-state index is 0.334. The molecule has 0 amide bonds. The van der Waals surface area contributed by atoms with E-state index in [-0.39, 0.29) is 5.92 Å². The fourth-order valence-corrected chi connectivity index (χ4v) is 7.09. The number of sulfone groups is 2. The Morgan fingerprint density at radius 2 is 1.45 bits per heavy atom. The highest BCUT2D eigenvalue weighted by atomic mass is 32.3. The molecule has 0 N–H and O–H groups in total. The van der Waals surface area contributed by atoms with Gasteiger partial charge in [0.1, 0.15) is 0 Å². The van der Waals surface area contributed by atoms with Crippen LogP contribution in [0, 0.1) is 5.92 Å². The van der Waals surface area contributed by atoms with Crippen LogP contribution in [0.25, 0.3) is 0 Å². The van der Waals surface area contributed by atoms with Crippen LogP contribution in [0.3, 0.4) is 0 Å². The summed E-state index contributed by atoms with van der Waals surface area (Å²) in [6, 6.07) is 0. The van der Waals surface area contributed by atoms with E-state index in [2.05, 4.69) is 0 Å². The summed E-state index contributed by atoms with van der Waals surface area (Å²) in [4.78, 5) is 0. The lowest BCUT2D eigenvalue weighted by atomic mass is 10.3. The Hall–Kier alpha value is -0.100. The zero-order valence-corrected chi connectivity index (χ0v) is 7.94. The van der Waals surface area contributed by atoms with E-state index in [0.717, 1.165) is 0 Å². The molecule has 0 aromatic carbocycles. The van der Waals surface area contributed by atoms with E-state index in [1.54, 1.807) is 13.8 Å². The predicted octanol–water partition coefficient (Wildman–Crippen LogP) is -0.231. The summed E-state index contributed by atoms with van der Waals surface area (Å²) in [5, 5.41) is -0.664. The maximum atomic E-state index is 10.9. The third-order valence-corrected chi connectivity index (χ3v) is 8.47. The van der Waals surface area contributed by atoms with Crippen LogP contribution in [0.1, 0.15) is 13.8 Å². The molecule has 0 saturated carbocycles. The van der Waals surface area contributed by atoms with Crippen molar-refractivity contribution in [3.63, 3.8) is 0 Å². The van der Waals surface area contributed by atoms with Crippen molar-refractivity contribution in [2.24, 2.45) is 5.92 Å². The summed E-state index contributed by atoms with van der Waals surface area (Å²) >= 11 is 0. The van der Waals surface area contributed by atoms with Gasteiger partial charge >= 0.3 is 0 Å². The molecule has 0 radical (unpaired) electrons. The maximum absolute atomic E-state index is 10.9. The van der Waals surface area contributed by atoms with Gasteiger partial charge < -0.3 is 0 Å². The molecule has 1 aliphatic rings. The molecular weight excluding hydrogens is 188 g/mol. The minimum Gasteiger partial charge on any atom is -0.226 e. The average Bonchev–Trinajstić information content (AvgIpc) is 1.53. The molecule has 0 aromatic rings. The maximum Gasteiger partial charge on any atom is 0.182 e. The standard InChI is InChI=1S/C5H10O4S2/c1-4(2)5-10(6,7)3-11(5,8)9/h4-5H,3H2,1-2H3. The van der Waals surface area contributed by atoms with Crippen molar-refractivity contribution < 1.29 is 16.8 Å². The van der Waals surface area contributed by atoms with Crippen LogP contribution < -0.4 is 0 Å². The number of hydrogen-bond acceptors (Lipinski definition) is 4. The van der Waals surface area contributed by atoms with E-state index in [1.807, 2.05) is 0 Å². The third-order valence-electron chi connectivity index (χ3n) is 1.58. The van der Waals surface area contributed by atoms with Crippen LogP contribution in [0.15, 0.2) is 0 Å². The van der Waals surface area contributed by atoms with E-state index in [0.29, 0.717) is 0 Å². The average molecular weight is 198 g/mol. The van der Waals surface area contributed by atoms with Crippen molar-refractivity contribution in [3.05, 3.63) is 0 Å². The highest BCUT2D eigenvalue weighted by Crippen LogP contribution is 2.31. The van der Waals surface area contributed by atoms with Crippen LogP contribution >= 0.6 is 0 Å². The van der Waals surface area contributed by atoms with E-state index in [4.69, 9.17) is 0 Å². The Labute approximate surface area is 66.4 Å². The topological polar surface area (TPSA) is 68.3 Å². The first-order chi connectivity index (χ1) is 4.77. The Morgan fingerprint density at radius 1 is 1.09 bits per heavy atom. The second-order valence-corrected chi connectivity index (χ2v) is 7.96.